The first kappa shape index (κ1) is 9.83. The summed E-state index contributed by atoms with van der Waals surface area (Å²) in [5.74, 6) is 4.58. The van der Waals surface area contributed by atoms with Gasteiger partial charge in [-0.05, 0) is 32.1 Å². The predicted octanol–water partition coefficient (Wildman–Crippen LogP) is 1.55. The Labute approximate surface area is 65.7 Å². The van der Waals surface area contributed by atoms with Crippen LogP contribution in [0.1, 0.15) is 0 Å². The molecule has 0 radical (unpaired) electrons. The third kappa shape index (κ3) is 6.72. The Kier molecular flexibility index (Phi) is 6.20. The van der Waals surface area contributed by atoms with Crippen LogP contribution in [-0.2, 0) is 9.89 Å². The highest BCUT2D eigenvalue weighted by molar-refractivity contribution is 8.10. The van der Waals surface area contributed by atoms with E-state index in [1.807, 2.05) is 0 Å². The molecule has 0 saturated heterocycles. The highest BCUT2D eigenvalue weighted by Gasteiger charge is 1.68. The van der Waals surface area contributed by atoms with Gasteiger partial charge in [0.2, 0.25) is 0 Å². The van der Waals surface area contributed by atoms with E-state index < -0.39 is 9.89 Å². The van der Waals surface area contributed by atoms with Crippen molar-refractivity contribution in [1.82, 2.24) is 0 Å². The summed E-state index contributed by atoms with van der Waals surface area (Å²) in [5.41, 5.74) is 0. The summed E-state index contributed by atoms with van der Waals surface area (Å²) in [6.07, 6.45) is 0. The normalized spacial score (nSPS) is 14.0. The van der Waals surface area contributed by atoms with Crippen molar-refractivity contribution in [3.05, 3.63) is 0 Å². The van der Waals surface area contributed by atoms with Crippen molar-refractivity contribution < 1.29 is 0 Å². The molecule has 0 bridgehead atoms. The highest BCUT2D eigenvalue weighted by Crippen LogP contribution is 1.91. The fourth-order valence-electron chi connectivity index (χ4n) is 0.144. The maximum absolute atomic E-state index is 8.79. The van der Waals surface area contributed by atoms with Crippen LogP contribution >= 0.6 is 7.36 Å². The predicted molar refractivity (Wildman–Crippen MR) is 40.7 cm³/mol. The van der Waals surface area contributed by atoms with Crippen LogP contribution in [0, 0.1) is 4.61 Å². The first-order valence-electron chi connectivity index (χ1n) is 2.25. The largest absolute Gasteiger partial charge is 0.303 e. The SMILES string of the molecule is CP=S(#N)N=NN=NN=NN. The molecule has 0 aliphatic rings. The van der Waals surface area contributed by atoms with Crippen molar-refractivity contribution in [1.29, 1.82) is 4.61 Å². The number of hydrogen-bond acceptors (Lipinski definition) is 2. The average Bonchev–Trinajstić information content (AvgIpc) is 2.04. The molecular formula is CH5N8PS. The van der Waals surface area contributed by atoms with Crippen molar-refractivity contribution in [3.8, 4) is 0 Å². The monoisotopic (exact) mass is 192 g/mol. The zero-order valence-electron chi connectivity index (χ0n) is 5.56. The van der Waals surface area contributed by atoms with E-state index in [2.05, 4.69) is 36.5 Å². The lowest BCUT2D eigenvalue weighted by Crippen LogP contribution is -1.70. The van der Waals surface area contributed by atoms with Crippen LogP contribution in [0.3, 0.4) is 0 Å². The van der Waals surface area contributed by atoms with Crippen LogP contribution in [0.2, 0.25) is 0 Å². The molecule has 0 amide bonds. The zero-order valence-corrected chi connectivity index (χ0v) is 7.27. The van der Waals surface area contributed by atoms with Crippen LogP contribution in [0.15, 0.2) is 30.6 Å². The zero-order chi connectivity index (χ0) is 8.53. The molecule has 60 valence electrons. The summed E-state index contributed by atoms with van der Waals surface area (Å²) in [7, 11) is -0.400. The minimum atomic E-state index is -1.11. The van der Waals surface area contributed by atoms with Gasteiger partial charge in [0.1, 0.15) is 9.89 Å². The second-order valence-corrected chi connectivity index (χ2v) is 4.08. The van der Waals surface area contributed by atoms with Gasteiger partial charge in [-0.25, -0.2) is 0 Å². The van der Waals surface area contributed by atoms with Crippen LogP contribution in [0.25, 0.3) is 0 Å². The quantitative estimate of drug-likeness (QED) is 0.308. The van der Waals surface area contributed by atoms with Gasteiger partial charge in [0.15, 0.2) is 0 Å². The number of nitrogens with zero attached hydrogens (tertiary/aromatic N) is 7. The molecule has 0 heterocycles. The molecular weight excluding hydrogens is 187 g/mol. The number of rotatable bonds is 2. The van der Waals surface area contributed by atoms with Gasteiger partial charge in [-0.15, -0.1) is 0 Å². The van der Waals surface area contributed by atoms with Crippen LogP contribution < -0.4 is 5.84 Å². The minimum absolute atomic E-state index is 0.709. The molecule has 0 aromatic heterocycles. The summed E-state index contributed by atoms with van der Waals surface area (Å²) in [4.78, 5) is 0. The van der Waals surface area contributed by atoms with E-state index in [1.54, 1.807) is 6.66 Å². The van der Waals surface area contributed by atoms with Crippen LogP contribution in [-0.4, -0.2) is 6.66 Å². The Morgan fingerprint density at radius 1 is 1.27 bits per heavy atom. The molecule has 11 heavy (non-hydrogen) atoms. The van der Waals surface area contributed by atoms with Gasteiger partial charge in [0, 0.05) is 7.36 Å². The topological polar surface area (TPSA) is 124 Å². The van der Waals surface area contributed by atoms with Crippen LogP contribution in [0.5, 0.6) is 0 Å². The average molecular weight is 192 g/mol. The van der Waals surface area contributed by atoms with Crippen molar-refractivity contribution in [2.24, 2.45) is 36.5 Å². The van der Waals surface area contributed by atoms with Gasteiger partial charge in [0.25, 0.3) is 0 Å². The summed E-state index contributed by atoms with van der Waals surface area (Å²) >= 11 is 0. The lowest BCUT2D eigenvalue weighted by Gasteiger charge is -1.67. The van der Waals surface area contributed by atoms with Gasteiger partial charge in [0.05, 0.1) is 0 Å². The molecule has 0 aromatic rings. The smallest absolute Gasteiger partial charge is 0.116 e. The van der Waals surface area contributed by atoms with E-state index in [4.69, 9.17) is 4.61 Å². The molecule has 2 N–H and O–H groups in total. The van der Waals surface area contributed by atoms with Gasteiger partial charge < -0.3 is 5.84 Å². The molecule has 0 aromatic carbocycles. The van der Waals surface area contributed by atoms with Crippen molar-refractivity contribution >= 4 is 17.2 Å². The Bertz CT molecular complexity index is 293. The minimum Gasteiger partial charge on any atom is -0.303 e. The molecule has 0 atom stereocenters. The standard InChI is InChI=1S/CH5N8PS/c1-10-11(3)9-8-7-6-5-4-2/h1H3,(H2,2,5,7,9). The third-order valence-corrected chi connectivity index (χ3v) is 2.19. The van der Waals surface area contributed by atoms with Gasteiger partial charge >= 0.3 is 0 Å². The molecule has 0 saturated carbocycles. The van der Waals surface area contributed by atoms with Gasteiger partial charge in [-0.3, -0.25) is 0 Å². The lowest BCUT2D eigenvalue weighted by atomic mass is 12.0. The maximum Gasteiger partial charge on any atom is 0.116 e. The van der Waals surface area contributed by atoms with Gasteiger partial charge in [-0.2, -0.15) is 4.61 Å². The Hall–Kier alpha value is -1.17. The Morgan fingerprint density at radius 3 is 2.45 bits per heavy atom. The lowest BCUT2D eigenvalue weighted by molar-refractivity contribution is 0.834. The van der Waals surface area contributed by atoms with E-state index in [-0.39, 0.29) is 0 Å². The molecule has 0 rings (SSSR count). The molecule has 0 aliphatic heterocycles. The molecule has 10 heteroatoms. The summed E-state index contributed by atoms with van der Waals surface area (Å²) in [5, 5.41) is 14.8. The fourth-order valence-corrected chi connectivity index (χ4v) is 0.632. The maximum atomic E-state index is 8.79. The number of nitrogens with two attached hydrogens (primary N) is 1. The second kappa shape index (κ2) is 6.94. The first-order valence-corrected chi connectivity index (χ1v) is 5.34. The summed E-state index contributed by atoms with van der Waals surface area (Å²) < 4.78 is 12.1. The summed E-state index contributed by atoms with van der Waals surface area (Å²) in [6.45, 7) is 1.73. The second-order valence-electron chi connectivity index (χ2n) is 0.982. The third-order valence-electron chi connectivity index (χ3n) is 0.444. The Balaban J connectivity index is 3.91. The van der Waals surface area contributed by atoms with E-state index >= 15 is 0 Å². The fraction of sp³-hybridized carbons (Fsp3) is 1.00. The molecule has 0 spiro atoms. The number of hydrogen-bond donors (Lipinski definition) is 1. The van der Waals surface area contributed by atoms with Crippen molar-refractivity contribution in [2.75, 3.05) is 6.66 Å². The molecule has 0 unspecified atom stereocenters. The van der Waals surface area contributed by atoms with Gasteiger partial charge in [-0.1, -0.05) is 5.22 Å². The molecule has 8 nitrogen and oxygen atoms in total. The Morgan fingerprint density at radius 2 is 1.91 bits per heavy atom. The summed E-state index contributed by atoms with van der Waals surface area (Å²) in [6, 6.07) is 0. The van der Waals surface area contributed by atoms with E-state index in [0.29, 0.717) is 7.36 Å². The van der Waals surface area contributed by atoms with E-state index in [9.17, 15) is 0 Å². The molecule has 0 fully saturated rings. The van der Waals surface area contributed by atoms with E-state index in [1.165, 1.54) is 0 Å². The van der Waals surface area contributed by atoms with Crippen LogP contribution in [0.4, 0.5) is 0 Å². The van der Waals surface area contributed by atoms with Crippen molar-refractivity contribution in [3.63, 3.8) is 0 Å². The van der Waals surface area contributed by atoms with Crippen molar-refractivity contribution in [2.45, 2.75) is 0 Å². The molecule has 0 aliphatic carbocycles. The highest BCUT2D eigenvalue weighted by atomic mass is 32.5. The van der Waals surface area contributed by atoms with E-state index in [0.717, 1.165) is 0 Å². The first-order chi connectivity index (χ1) is 5.31.